The molecule has 0 radical (unpaired) electrons. The third-order valence-corrected chi connectivity index (χ3v) is 10.0. The molecule has 2 saturated heterocycles. The predicted molar refractivity (Wildman–Crippen MR) is 183 cm³/mol. The zero-order valence-corrected chi connectivity index (χ0v) is 30.9. The van der Waals surface area contributed by atoms with Crippen LogP contribution in [-0.2, 0) is 54.0 Å². The van der Waals surface area contributed by atoms with Gasteiger partial charge in [0.1, 0.15) is 25.8 Å². The summed E-state index contributed by atoms with van der Waals surface area (Å²) in [4.78, 5) is 14.1. The average molecular weight is 713 g/mol. The molecule has 13 nitrogen and oxygen atoms in total. The van der Waals surface area contributed by atoms with E-state index in [2.05, 4.69) is 6.92 Å². The number of rotatable bonds is 15. The Bertz CT molecular complexity index is 1160. The highest BCUT2D eigenvalue weighted by Gasteiger charge is 2.60. The molecule has 50 heavy (non-hydrogen) atoms. The Morgan fingerprint density at radius 3 is 2.24 bits per heavy atom. The number of aliphatic hydroxyl groups is 3. The van der Waals surface area contributed by atoms with Gasteiger partial charge in [-0.05, 0) is 24.5 Å². The van der Waals surface area contributed by atoms with Crippen molar-refractivity contribution < 1.29 is 62.7 Å². The number of aliphatic hydroxyl groups excluding tert-OH is 2. The van der Waals surface area contributed by atoms with Gasteiger partial charge in [0.15, 0.2) is 6.10 Å². The standard InChI is InChI=1S/C37H60O13/c1-9-25(20-46-21-26-13-11-10-12-14-26)15-24(2)29-16-27(44-7)19-32(38)36(3,4)37(41)34(39)31(45-8)18-28(50-37)17-30(47-22-42-5)33(35(40)49-29)48-23-43-6/h10-15,25,27-34,38-39,41H,9,16-23H2,1-8H3/b24-15-/t25-,27-,28+,29+,30-,31-,32+,33+,34-,37+/m1/s1. The zero-order valence-electron chi connectivity index (χ0n) is 30.9. The van der Waals surface area contributed by atoms with E-state index >= 15 is 0 Å². The van der Waals surface area contributed by atoms with Gasteiger partial charge in [0.2, 0.25) is 5.79 Å². The summed E-state index contributed by atoms with van der Waals surface area (Å²) in [6, 6.07) is 9.93. The van der Waals surface area contributed by atoms with Crippen LogP contribution in [-0.4, -0.2) is 125 Å². The molecule has 0 saturated carbocycles. The number of hydrogen-bond acceptors (Lipinski definition) is 13. The van der Waals surface area contributed by atoms with Crippen LogP contribution < -0.4 is 0 Å². The van der Waals surface area contributed by atoms with E-state index in [4.69, 9.17) is 42.6 Å². The molecular weight excluding hydrogens is 652 g/mol. The van der Waals surface area contributed by atoms with Crippen molar-refractivity contribution in [3.8, 4) is 0 Å². The van der Waals surface area contributed by atoms with Crippen molar-refractivity contribution in [1.29, 1.82) is 0 Å². The van der Waals surface area contributed by atoms with Crippen molar-refractivity contribution >= 4 is 5.97 Å². The van der Waals surface area contributed by atoms with Gasteiger partial charge >= 0.3 is 5.97 Å². The van der Waals surface area contributed by atoms with Gasteiger partial charge in [0.25, 0.3) is 0 Å². The molecule has 13 heteroatoms. The molecule has 2 fully saturated rings. The summed E-state index contributed by atoms with van der Waals surface area (Å²) in [5, 5.41) is 35.1. The van der Waals surface area contributed by atoms with Crippen molar-refractivity contribution in [3.05, 3.63) is 47.5 Å². The number of benzene rings is 1. The number of esters is 1. The first-order chi connectivity index (χ1) is 23.8. The van der Waals surface area contributed by atoms with Crippen molar-refractivity contribution in [2.45, 2.75) is 121 Å². The summed E-state index contributed by atoms with van der Waals surface area (Å²) >= 11 is 0. The molecule has 0 unspecified atom stereocenters. The molecule has 2 heterocycles. The third kappa shape index (κ3) is 11.0. The molecule has 286 valence electrons. The monoisotopic (exact) mass is 712 g/mol. The minimum atomic E-state index is -2.25. The summed E-state index contributed by atoms with van der Waals surface area (Å²) < 4.78 is 52.2. The van der Waals surface area contributed by atoms with Crippen molar-refractivity contribution in [1.82, 2.24) is 0 Å². The van der Waals surface area contributed by atoms with E-state index in [1.54, 1.807) is 13.8 Å². The SMILES string of the molecule is CC[C@H](/C=C(/C)[C@@H]1C[C@@H](OC)C[C@H](O)C(C)(C)[C@@]2(O)O[C@@H](C[C@@H](OCOC)[C@H](OCOC)C(=O)O1)C[C@@H](OC)[C@H]2O)COCc1ccccc1. The molecule has 10 atom stereocenters. The van der Waals surface area contributed by atoms with Gasteiger partial charge in [0, 0.05) is 65.5 Å². The molecule has 0 aromatic heterocycles. The lowest BCUT2D eigenvalue weighted by molar-refractivity contribution is -0.380. The van der Waals surface area contributed by atoms with E-state index in [9.17, 15) is 20.1 Å². The first-order valence-electron chi connectivity index (χ1n) is 17.4. The molecule has 2 aliphatic heterocycles. The highest BCUT2D eigenvalue weighted by molar-refractivity contribution is 5.76. The van der Waals surface area contributed by atoms with Crippen molar-refractivity contribution in [2.24, 2.45) is 11.3 Å². The van der Waals surface area contributed by atoms with Gasteiger partial charge in [0.05, 0.1) is 43.7 Å². The van der Waals surface area contributed by atoms with Gasteiger partial charge in [-0.25, -0.2) is 4.79 Å². The maximum Gasteiger partial charge on any atom is 0.338 e. The summed E-state index contributed by atoms with van der Waals surface area (Å²) in [6.07, 6.45) is -4.88. The smallest absolute Gasteiger partial charge is 0.338 e. The largest absolute Gasteiger partial charge is 0.456 e. The lowest BCUT2D eigenvalue weighted by Crippen LogP contribution is -2.68. The Kier molecular flexibility index (Phi) is 17.2. The second-order valence-electron chi connectivity index (χ2n) is 13.8. The van der Waals surface area contributed by atoms with Crippen LogP contribution in [0, 0.1) is 11.3 Å². The van der Waals surface area contributed by atoms with Crippen molar-refractivity contribution in [3.63, 3.8) is 0 Å². The fourth-order valence-corrected chi connectivity index (χ4v) is 6.59. The molecule has 1 aromatic carbocycles. The Morgan fingerprint density at radius 1 is 0.960 bits per heavy atom. The van der Waals surface area contributed by atoms with Gasteiger partial charge in [-0.2, -0.15) is 0 Å². The molecule has 3 N–H and O–H groups in total. The maximum absolute atomic E-state index is 14.1. The van der Waals surface area contributed by atoms with E-state index in [1.807, 2.05) is 43.3 Å². The first-order valence-corrected chi connectivity index (χ1v) is 17.4. The number of ether oxygens (including phenoxy) is 9. The molecule has 0 aliphatic carbocycles. The number of carbonyl (C=O) groups excluding carboxylic acids is 1. The van der Waals surface area contributed by atoms with E-state index in [0.717, 1.165) is 17.6 Å². The maximum atomic E-state index is 14.1. The van der Waals surface area contributed by atoms with Crippen molar-refractivity contribution in [2.75, 3.05) is 48.6 Å². The number of methoxy groups -OCH3 is 4. The summed E-state index contributed by atoms with van der Waals surface area (Å²) in [5.41, 5.74) is 0.426. The number of hydrogen-bond donors (Lipinski definition) is 3. The van der Waals surface area contributed by atoms with Crippen LogP contribution in [0.4, 0.5) is 0 Å². The second kappa shape index (κ2) is 20.3. The predicted octanol–water partition coefficient (Wildman–Crippen LogP) is 3.51. The topological polar surface area (TPSA) is 161 Å². The van der Waals surface area contributed by atoms with Gasteiger partial charge in [-0.1, -0.05) is 57.2 Å². The Labute approximate surface area is 297 Å². The molecular formula is C37H60O13. The van der Waals surface area contributed by atoms with Crippen LogP contribution >= 0.6 is 0 Å². The Balaban J connectivity index is 2.03. The Hall–Kier alpha value is -2.01. The molecule has 0 spiro atoms. The molecule has 2 bridgehead atoms. The van der Waals surface area contributed by atoms with Crippen LogP contribution in [0.5, 0.6) is 0 Å². The normalized spacial score (nSPS) is 33.3. The van der Waals surface area contributed by atoms with Crippen LogP contribution in [0.25, 0.3) is 0 Å². The van der Waals surface area contributed by atoms with Crippen LogP contribution in [0.15, 0.2) is 42.0 Å². The molecule has 3 rings (SSSR count). The fraction of sp³-hybridized carbons (Fsp3) is 0.757. The lowest BCUT2D eigenvalue weighted by atomic mass is 9.70. The van der Waals surface area contributed by atoms with E-state index < -0.39 is 66.0 Å². The third-order valence-electron chi connectivity index (χ3n) is 10.0. The van der Waals surface area contributed by atoms with Gasteiger partial charge < -0.3 is 58.0 Å². The number of cyclic esters (lactones) is 1. The highest BCUT2D eigenvalue weighted by Crippen LogP contribution is 2.46. The summed E-state index contributed by atoms with van der Waals surface area (Å²) in [5.74, 6) is -2.94. The lowest BCUT2D eigenvalue weighted by Gasteiger charge is -2.54. The minimum Gasteiger partial charge on any atom is -0.456 e. The minimum absolute atomic E-state index is 0.0186. The fourth-order valence-electron chi connectivity index (χ4n) is 6.59. The van der Waals surface area contributed by atoms with Gasteiger partial charge in [-0.15, -0.1) is 0 Å². The van der Waals surface area contributed by atoms with Crippen LogP contribution in [0.1, 0.15) is 65.4 Å². The zero-order chi connectivity index (χ0) is 36.9. The molecule has 2 aliphatic rings. The van der Waals surface area contributed by atoms with Crippen LogP contribution in [0.3, 0.4) is 0 Å². The van der Waals surface area contributed by atoms with Gasteiger partial charge in [-0.3, -0.25) is 0 Å². The molecule has 1 aromatic rings. The average Bonchev–Trinajstić information content (AvgIpc) is 3.10. The molecule has 0 amide bonds. The van der Waals surface area contributed by atoms with E-state index in [0.29, 0.717) is 13.2 Å². The quantitative estimate of drug-likeness (QED) is 0.138. The summed E-state index contributed by atoms with van der Waals surface area (Å²) in [6.45, 7) is 7.72. The Morgan fingerprint density at radius 2 is 1.62 bits per heavy atom. The van der Waals surface area contributed by atoms with E-state index in [1.165, 1.54) is 28.4 Å². The second-order valence-corrected chi connectivity index (χ2v) is 13.8. The number of carbonyl (C=O) groups is 1. The number of fused-ring (bicyclic) bond motifs is 2. The van der Waals surface area contributed by atoms with E-state index in [-0.39, 0.29) is 45.2 Å². The van der Waals surface area contributed by atoms with Crippen LogP contribution in [0.2, 0.25) is 0 Å². The first kappa shape index (κ1) is 42.4. The highest BCUT2D eigenvalue weighted by atomic mass is 16.7. The summed E-state index contributed by atoms with van der Waals surface area (Å²) in [7, 11) is 5.82.